The summed E-state index contributed by atoms with van der Waals surface area (Å²) >= 11 is 0. The monoisotopic (exact) mass is 220 g/mol. The molecule has 0 spiro atoms. The summed E-state index contributed by atoms with van der Waals surface area (Å²) in [6, 6.07) is -0.204. The summed E-state index contributed by atoms with van der Waals surface area (Å²) in [6.07, 6.45) is -0.318. The summed E-state index contributed by atoms with van der Waals surface area (Å²) in [5.74, 6) is -0.555. The molecular formula is C10H18F2N2O. The molecule has 2 N–H and O–H groups in total. The fourth-order valence-electron chi connectivity index (χ4n) is 2.14. The summed E-state index contributed by atoms with van der Waals surface area (Å²) in [7, 11) is 0. The molecule has 5 heteroatoms. The van der Waals surface area contributed by atoms with E-state index in [1.54, 1.807) is 0 Å². The normalized spacial score (nSPS) is 27.1. The van der Waals surface area contributed by atoms with E-state index >= 15 is 0 Å². The molecule has 0 bridgehead atoms. The molecule has 0 radical (unpaired) electrons. The second-order valence-electron chi connectivity index (χ2n) is 4.02. The number of likely N-dealkylation sites (tertiary alicyclic amines) is 1. The molecule has 1 aliphatic heterocycles. The number of hydrogen-bond donors (Lipinski definition) is 1. The van der Waals surface area contributed by atoms with Gasteiger partial charge in [0, 0.05) is 19.1 Å². The van der Waals surface area contributed by atoms with Gasteiger partial charge in [0.1, 0.15) is 0 Å². The minimum absolute atomic E-state index is 0.204. The number of rotatable bonds is 3. The van der Waals surface area contributed by atoms with Gasteiger partial charge in [-0.05, 0) is 18.8 Å². The molecule has 0 aromatic heterocycles. The first-order valence-electron chi connectivity index (χ1n) is 5.38. The number of carbonyl (C=O) groups excluding carboxylic acids is 1. The van der Waals surface area contributed by atoms with Gasteiger partial charge in [-0.2, -0.15) is 8.78 Å². The highest BCUT2D eigenvalue weighted by Gasteiger charge is 2.33. The van der Waals surface area contributed by atoms with Crippen molar-refractivity contribution >= 4 is 5.91 Å². The van der Waals surface area contributed by atoms with Crippen LogP contribution in [-0.4, -0.2) is 36.4 Å². The molecule has 2 unspecified atom stereocenters. The Bertz CT molecular complexity index is 223. The molecule has 88 valence electrons. The zero-order valence-electron chi connectivity index (χ0n) is 8.96. The van der Waals surface area contributed by atoms with Gasteiger partial charge in [-0.3, -0.25) is 4.79 Å². The van der Waals surface area contributed by atoms with Gasteiger partial charge in [0.25, 0.3) is 5.91 Å². The highest BCUT2D eigenvalue weighted by atomic mass is 19.3. The van der Waals surface area contributed by atoms with Crippen LogP contribution in [0.25, 0.3) is 0 Å². The van der Waals surface area contributed by atoms with E-state index in [0.717, 1.165) is 19.3 Å². The standard InChI is InChI=1S/C10H18F2N2O/c1-2-7-3-4-14(8(5-7)6-13)10(15)9(11)12/h7-9H,2-6,13H2,1H3. The van der Waals surface area contributed by atoms with Crippen LogP contribution >= 0.6 is 0 Å². The SMILES string of the molecule is CCC1CCN(C(=O)C(F)F)C(CN)C1. The maximum absolute atomic E-state index is 12.3. The second-order valence-corrected chi connectivity index (χ2v) is 4.02. The number of amides is 1. The number of piperidine rings is 1. The lowest BCUT2D eigenvalue weighted by Gasteiger charge is -2.38. The first kappa shape index (κ1) is 12.4. The quantitative estimate of drug-likeness (QED) is 0.777. The topological polar surface area (TPSA) is 46.3 Å². The van der Waals surface area contributed by atoms with E-state index in [0.29, 0.717) is 12.5 Å². The third-order valence-electron chi connectivity index (χ3n) is 3.14. The smallest absolute Gasteiger partial charge is 0.315 e. The lowest BCUT2D eigenvalue weighted by Crippen LogP contribution is -2.51. The van der Waals surface area contributed by atoms with Crippen molar-refractivity contribution in [2.45, 2.75) is 38.7 Å². The lowest BCUT2D eigenvalue weighted by molar-refractivity contribution is -0.147. The molecule has 3 nitrogen and oxygen atoms in total. The summed E-state index contributed by atoms with van der Waals surface area (Å²) in [4.78, 5) is 12.4. The number of hydrogen-bond acceptors (Lipinski definition) is 2. The third kappa shape index (κ3) is 2.87. The molecule has 1 saturated heterocycles. The molecule has 1 fully saturated rings. The van der Waals surface area contributed by atoms with E-state index in [2.05, 4.69) is 6.92 Å². The van der Waals surface area contributed by atoms with Crippen LogP contribution in [-0.2, 0) is 4.79 Å². The molecule has 1 heterocycles. The number of carbonyl (C=O) groups is 1. The number of nitrogens with zero attached hydrogens (tertiary/aromatic N) is 1. The fraction of sp³-hybridized carbons (Fsp3) is 0.900. The van der Waals surface area contributed by atoms with Crippen molar-refractivity contribution in [2.24, 2.45) is 11.7 Å². The fourth-order valence-corrected chi connectivity index (χ4v) is 2.14. The predicted octanol–water partition coefficient (Wildman–Crippen LogP) is 1.23. The average Bonchev–Trinajstić information content (AvgIpc) is 2.27. The Hall–Kier alpha value is -0.710. The largest absolute Gasteiger partial charge is 0.333 e. The van der Waals surface area contributed by atoms with E-state index in [4.69, 9.17) is 5.73 Å². The summed E-state index contributed by atoms with van der Waals surface area (Å²) < 4.78 is 24.5. The summed E-state index contributed by atoms with van der Waals surface area (Å²) in [5, 5.41) is 0. The van der Waals surface area contributed by atoms with Gasteiger partial charge < -0.3 is 10.6 Å². The van der Waals surface area contributed by atoms with Crippen LogP contribution in [0.2, 0.25) is 0 Å². The van der Waals surface area contributed by atoms with Crippen molar-refractivity contribution in [1.29, 1.82) is 0 Å². The van der Waals surface area contributed by atoms with Gasteiger partial charge in [0.2, 0.25) is 0 Å². The Balaban J connectivity index is 2.62. The molecule has 15 heavy (non-hydrogen) atoms. The van der Waals surface area contributed by atoms with Crippen LogP contribution in [0.4, 0.5) is 8.78 Å². The van der Waals surface area contributed by atoms with E-state index in [1.807, 2.05) is 0 Å². The van der Waals surface area contributed by atoms with Crippen molar-refractivity contribution in [3.8, 4) is 0 Å². The van der Waals surface area contributed by atoms with Crippen LogP contribution in [0, 0.1) is 5.92 Å². The Morgan fingerprint density at radius 2 is 2.27 bits per heavy atom. The van der Waals surface area contributed by atoms with E-state index in [-0.39, 0.29) is 12.6 Å². The van der Waals surface area contributed by atoms with Gasteiger partial charge in [-0.25, -0.2) is 0 Å². The number of nitrogens with two attached hydrogens (primary N) is 1. The molecule has 0 aromatic rings. The molecule has 2 atom stereocenters. The van der Waals surface area contributed by atoms with E-state index in [1.165, 1.54) is 4.90 Å². The van der Waals surface area contributed by atoms with Crippen LogP contribution in [0.15, 0.2) is 0 Å². The number of halogens is 2. The summed E-state index contributed by atoms with van der Waals surface area (Å²) in [6.45, 7) is 2.77. The van der Waals surface area contributed by atoms with Crippen molar-refractivity contribution in [2.75, 3.05) is 13.1 Å². The van der Waals surface area contributed by atoms with Gasteiger partial charge in [0.05, 0.1) is 0 Å². The molecular weight excluding hydrogens is 202 g/mol. The van der Waals surface area contributed by atoms with Gasteiger partial charge in [-0.15, -0.1) is 0 Å². The van der Waals surface area contributed by atoms with Crippen LogP contribution in [0.5, 0.6) is 0 Å². The van der Waals surface area contributed by atoms with Crippen LogP contribution in [0.3, 0.4) is 0 Å². The molecule has 1 aliphatic rings. The first-order valence-corrected chi connectivity index (χ1v) is 5.38. The molecule has 0 saturated carbocycles. The Kier molecular flexibility index (Phi) is 4.45. The van der Waals surface area contributed by atoms with Gasteiger partial charge >= 0.3 is 6.43 Å². The van der Waals surface area contributed by atoms with E-state index in [9.17, 15) is 13.6 Å². The minimum Gasteiger partial charge on any atom is -0.333 e. The Morgan fingerprint density at radius 1 is 1.60 bits per heavy atom. The predicted molar refractivity (Wildman–Crippen MR) is 53.6 cm³/mol. The second kappa shape index (κ2) is 5.39. The molecule has 0 aliphatic carbocycles. The van der Waals surface area contributed by atoms with Crippen molar-refractivity contribution in [1.82, 2.24) is 4.90 Å². The zero-order chi connectivity index (χ0) is 11.4. The van der Waals surface area contributed by atoms with Crippen molar-refractivity contribution < 1.29 is 13.6 Å². The zero-order valence-corrected chi connectivity index (χ0v) is 8.96. The molecule has 0 aromatic carbocycles. The number of alkyl halides is 2. The maximum atomic E-state index is 12.3. The van der Waals surface area contributed by atoms with Gasteiger partial charge in [-0.1, -0.05) is 13.3 Å². The van der Waals surface area contributed by atoms with Crippen LogP contribution < -0.4 is 5.73 Å². The third-order valence-corrected chi connectivity index (χ3v) is 3.14. The van der Waals surface area contributed by atoms with Gasteiger partial charge in [0.15, 0.2) is 0 Å². The average molecular weight is 220 g/mol. The first-order chi connectivity index (χ1) is 7.10. The Labute approximate surface area is 88.6 Å². The molecule has 1 rings (SSSR count). The van der Waals surface area contributed by atoms with Crippen molar-refractivity contribution in [3.63, 3.8) is 0 Å². The maximum Gasteiger partial charge on any atom is 0.315 e. The Morgan fingerprint density at radius 3 is 2.73 bits per heavy atom. The highest BCUT2D eigenvalue weighted by Crippen LogP contribution is 2.25. The van der Waals surface area contributed by atoms with E-state index < -0.39 is 12.3 Å². The lowest BCUT2D eigenvalue weighted by atomic mass is 9.89. The van der Waals surface area contributed by atoms with Crippen molar-refractivity contribution in [3.05, 3.63) is 0 Å². The minimum atomic E-state index is -2.91. The van der Waals surface area contributed by atoms with Crippen LogP contribution in [0.1, 0.15) is 26.2 Å². The molecule has 1 amide bonds. The summed E-state index contributed by atoms with van der Waals surface area (Å²) in [5.41, 5.74) is 5.51. The highest BCUT2D eigenvalue weighted by molar-refractivity contribution is 5.79.